The summed E-state index contributed by atoms with van der Waals surface area (Å²) in [5, 5.41) is 2.81. The van der Waals surface area contributed by atoms with Gasteiger partial charge in [0.25, 0.3) is 0 Å². The molecule has 2 unspecified atom stereocenters. The van der Waals surface area contributed by atoms with Crippen LogP contribution in [0.4, 0.5) is 5.82 Å². The Bertz CT molecular complexity index is 601. The lowest BCUT2D eigenvalue weighted by Gasteiger charge is -2.51. The van der Waals surface area contributed by atoms with Gasteiger partial charge >= 0.3 is 0 Å². The lowest BCUT2D eigenvalue weighted by Crippen LogP contribution is -2.61. The first kappa shape index (κ1) is 16.2. The Morgan fingerprint density at radius 1 is 1.48 bits per heavy atom. The highest BCUT2D eigenvalue weighted by Gasteiger charge is 2.50. The van der Waals surface area contributed by atoms with Crippen molar-refractivity contribution in [2.75, 3.05) is 19.0 Å². The van der Waals surface area contributed by atoms with E-state index in [1.165, 1.54) is 0 Å². The average molecular weight is 313 g/mol. The lowest BCUT2D eigenvalue weighted by molar-refractivity contribution is -0.108. The summed E-state index contributed by atoms with van der Waals surface area (Å²) >= 11 is 0. The van der Waals surface area contributed by atoms with Crippen LogP contribution in [0.2, 0.25) is 0 Å². The van der Waals surface area contributed by atoms with Gasteiger partial charge in [-0.3, -0.25) is 0 Å². The number of aromatic nitrogens is 1. The molecule has 1 heterocycles. The van der Waals surface area contributed by atoms with E-state index in [1.807, 2.05) is 20.8 Å². The van der Waals surface area contributed by atoms with Crippen LogP contribution in [0, 0.1) is 5.41 Å². The molecule has 2 atom stereocenters. The predicted molar refractivity (Wildman–Crippen MR) is 81.7 cm³/mol. The molecule has 0 aliphatic heterocycles. The molecule has 1 fully saturated rings. The number of hydrogen-bond donors (Lipinski definition) is 2. The van der Waals surface area contributed by atoms with E-state index in [0.717, 1.165) is 0 Å². The second kappa shape index (κ2) is 5.90. The maximum atomic E-state index is 12.5. The molecule has 0 radical (unpaired) electrons. The fraction of sp³-hybridized carbons (Fsp3) is 0.643. The van der Waals surface area contributed by atoms with Gasteiger partial charge < -0.3 is 10.1 Å². The SMILES string of the molecule is CCOC1CC(NS(=O)(=O)c2cccnc2NC)C1(C)C. The fourth-order valence-corrected chi connectivity index (χ4v) is 4.18. The molecule has 1 aliphatic carbocycles. The fourth-order valence-electron chi connectivity index (χ4n) is 2.62. The number of sulfonamides is 1. The average Bonchev–Trinajstić information content (AvgIpc) is 2.46. The maximum absolute atomic E-state index is 12.5. The minimum Gasteiger partial charge on any atom is -0.378 e. The van der Waals surface area contributed by atoms with E-state index in [9.17, 15) is 8.42 Å². The monoisotopic (exact) mass is 313 g/mol. The number of hydrogen-bond acceptors (Lipinski definition) is 5. The Morgan fingerprint density at radius 2 is 2.19 bits per heavy atom. The van der Waals surface area contributed by atoms with E-state index in [0.29, 0.717) is 18.8 Å². The van der Waals surface area contributed by atoms with E-state index >= 15 is 0 Å². The predicted octanol–water partition coefficient (Wildman–Crippen LogP) is 1.61. The van der Waals surface area contributed by atoms with E-state index < -0.39 is 10.0 Å². The van der Waals surface area contributed by atoms with Crippen LogP contribution in [-0.2, 0) is 14.8 Å². The zero-order valence-corrected chi connectivity index (χ0v) is 13.7. The Hall–Kier alpha value is -1.18. The molecule has 2 rings (SSSR count). The van der Waals surface area contributed by atoms with Crippen LogP contribution in [0.15, 0.2) is 23.2 Å². The quantitative estimate of drug-likeness (QED) is 0.834. The van der Waals surface area contributed by atoms with Crippen LogP contribution in [0.1, 0.15) is 27.2 Å². The van der Waals surface area contributed by atoms with Crippen molar-refractivity contribution in [3.05, 3.63) is 18.3 Å². The molecule has 1 aromatic heterocycles. The molecule has 0 aromatic carbocycles. The van der Waals surface area contributed by atoms with Gasteiger partial charge in [-0.1, -0.05) is 13.8 Å². The standard InChI is InChI=1S/C14H23N3O3S/c1-5-20-12-9-11(14(12,2)3)17-21(18,19)10-7-6-8-16-13(10)15-4/h6-8,11-12,17H,5,9H2,1-4H3,(H,15,16). The van der Waals surface area contributed by atoms with Crippen molar-refractivity contribution in [1.82, 2.24) is 9.71 Å². The van der Waals surface area contributed by atoms with Crippen LogP contribution >= 0.6 is 0 Å². The number of nitrogens with one attached hydrogen (secondary N) is 2. The Labute approximate surface area is 126 Å². The molecule has 21 heavy (non-hydrogen) atoms. The summed E-state index contributed by atoms with van der Waals surface area (Å²) in [6, 6.07) is 3.03. The third-order valence-electron chi connectivity index (χ3n) is 4.14. The molecule has 0 bridgehead atoms. The minimum absolute atomic E-state index is 0.0906. The molecule has 1 aromatic rings. The van der Waals surface area contributed by atoms with Gasteiger partial charge in [0.05, 0.1) is 6.10 Å². The molecule has 6 nitrogen and oxygen atoms in total. The number of pyridine rings is 1. The Balaban J connectivity index is 2.16. The van der Waals surface area contributed by atoms with E-state index in [1.54, 1.807) is 25.4 Å². The summed E-state index contributed by atoms with van der Waals surface area (Å²) in [6.45, 7) is 6.63. The van der Waals surface area contributed by atoms with Crippen LogP contribution in [0.25, 0.3) is 0 Å². The van der Waals surface area contributed by atoms with Crippen molar-refractivity contribution in [1.29, 1.82) is 0 Å². The molecular formula is C14H23N3O3S. The van der Waals surface area contributed by atoms with Gasteiger partial charge in [-0.25, -0.2) is 18.1 Å². The molecule has 1 saturated carbocycles. The summed E-state index contributed by atoms with van der Waals surface area (Å²) < 4.78 is 33.5. The highest BCUT2D eigenvalue weighted by Crippen LogP contribution is 2.43. The number of anilines is 1. The number of nitrogens with zero attached hydrogens (tertiary/aromatic N) is 1. The first-order valence-electron chi connectivity index (χ1n) is 7.09. The second-order valence-corrected chi connectivity index (χ2v) is 7.46. The summed E-state index contributed by atoms with van der Waals surface area (Å²) in [5.74, 6) is 0.350. The molecule has 0 spiro atoms. The van der Waals surface area contributed by atoms with Crippen LogP contribution in [0.3, 0.4) is 0 Å². The zero-order chi connectivity index (χ0) is 15.7. The van der Waals surface area contributed by atoms with Gasteiger partial charge in [0, 0.05) is 31.3 Å². The third kappa shape index (κ3) is 3.04. The Morgan fingerprint density at radius 3 is 2.76 bits per heavy atom. The van der Waals surface area contributed by atoms with Crippen LogP contribution < -0.4 is 10.0 Å². The van der Waals surface area contributed by atoms with Gasteiger partial charge in [-0.15, -0.1) is 0 Å². The van der Waals surface area contributed by atoms with Gasteiger partial charge in [0.1, 0.15) is 10.7 Å². The lowest BCUT2D eigenvalue weighted by atomic mass is 9.65. The summed E-state index contributed by atoms with van der Waals surface area (Å²) in [4.78, 5) is 4.21. The van der Waals surface area contributed by atoms with Crippen molar-refractivity contribution < 1.29 is 13.2 Å². The van der Waals surface area contributed by atoms with Gasteiger partial charge in [0.2, 0.25) is 10.0 Å². The Kier molecular flexibility index (Phi) is 4.55. The van der Waals surface area contributed by atoms with Crippen molar-refractivity contribution in [2.24, 2.45) is 5.41 Å². The molecular weight excluding hydrogens is 290 g/mol. The van der Waals surface area contributed by atoms with Crippen LogP contribution in [-0.4, -0.2) is 39.2 Å². The first-order valence-corrected chi connectivity index (χ1v) is 8.58. The van der Waals surface area contributed by atoms with E-state index in [4.69, 9.17) is 4.74 Å². The normalized spacial score (nSPS) is 24.4. The second-order valence-electron chi connectivity index (χ2n) is 5.78. The molecule has 0 saturated heterocycles. The third-order valence-corrected chi connectivity index (χ3v) is 5.64. The van der Waals surface area contributed by atoms with Gasteiger partial charge in [-0.05, 0) is 25.5 Å². The van der Waals surface area contributed by atoms with E-state index in [-0.39, 0.29) is 22.5 Å². The summed E-state index contributed by atoms with van der Waals surface area (Å²) in [6.07, 6.45) is 2.34. The number of rotatable bonds is 6. The topological polar surface area (TPSA) is 80.3 Å². The molecule has 2 N–H and O–H groups in total. The molecule has 118 valence electrons. The smallest absolute Gasteiger partial charge is 0.244 e. The molecule has 0 amide bonds. The van der Waals surface area contributed by atoms with Crippen LogP contribution in [0.5, 0.6) is 0 Å². The van der Waals surface area contributed by atoms with Crippen molar-refractivity contribution in [3.8, 4) is 0 Å². The maximum Gasteiger partial charge on any atom is 0.244 e. The van der Waals surface area contributed by atoms with Crippen molar-refractivity contribution in [2.45, 2.75) is 44.2 Å². The summed E-state index contributed by atoms with van der Waals surface area (Å²) in [7, 11) is -1.95. The van der Waals surface area contributed by atoms with Crippen molar-refractivity contribution >= 4 is 15.8 Å². The highest BCUT2D eigenvalue weighted by molar-refractivity contribution is 7.89. The number of ether oxygens (including phenoxy) is 1. The summed E-state index contributed by atoms with van der Waals surface area (Å²) in [5.41, 5.74) is -0.217. The first-order chi connectivity index (χ1) is 9.82. The van der Waals surface area contributed by atoms with Gasteiger partial charge in [0.15, 0.2) is 0 Å². The van der Waals surface area contributed by atoms with Crippen molar-refractivity contribution in [3.63, 3.8) is 0 Å². The molecule has 1 aliphatic rings. The zero-order valence-electron chi connectivity index (χ0n) is 12.9. The minimum atomic E-state index is -3.60. The van der Waals surface area contributed by atoms with Gasteiger partial charge in [-0.2, -0.15) is 0 Å². The largest absolute Gasteiger partial charge is 0.378 e. The van der Waals surface area contributed by atoms with E-state index in [2.05, 4.69) is 15.0 Å². The molecule has 7 heteroatoms. The highest BCUT2D eigenvalue weighted by atomic mass is 32.2.